The van der Waals surface area contributed by atoms with Crippen molar-refractivity contribution < 1.29 is 4.79 Å². The summed E-state index contributed by atoms with van der Waals surface area (Å²) < 4.78 is 0. The number of hydrogen-bond donors (Lipinski definition) is 1. The van der Waals surface area contributed by atoms with E-state index >= 15 is 0 Å². The highest BCUT2D eigenvalue weighted by atomic mass is 16.2. The Labute approximate surface area is 103 Å². The molecule has 2 atom stereocenters. The summed E-state index contributed by atoms with van der Waals surface area (Å²) in [5.41, 5.74) is 2.22. The van der Waals surface area contributed by atoms with Crippen LogP contribution in [0, 0.1) is 12.8 Å². The lowest BCUT2D eigenvalue weighted by atomic mass is 10.0. The molecule has 0 aliphatic carbocycles. The summed E-state index contributed by atoms with van der Waals surface area (Å²) in [7, 11) is 1.94. The molecule has 2 unspecified atom stereocenters. The van der Waals surface area contributed by atoms with Gasteiger partial charge >= 0.3 is 0 Å². The van der Waals surface area contributed by atoms with Gasteiger partial charge in [-0.1, -0.05) is 18.2 Å². The SMILES string of the molecule is CNCC1CC(=O)N(c2ccccc2C)C1C. The van der Waals surface area contributed by atoms with Crippen LogP contribution in [0.1, 0.15) is 18.9 Å². The highest BCUT2D eigenvalue weighted by Crippen LogP contribution is 2.32. The molecule has 0 radical (unpaired) electrons. The zero-order valence-corrected chi connectivity index (χ0v) is 10.7. The molecule has 17 heavy (non-hydrogen) atoms. The van der Waals surface area contributed by atoms with Crippen LogP contribution in [0.2, 0.25) is 0 Å². The lowest BCUT2D eigenvalue weighted by molar-refractivity contribution is -0.117. The van der Waals surface area contributed by atoms with Gasteiger partial charge in [0, 0.05) is 30.6 Å². The molecular formula is C14H20N2O. The van der Waals surface area contributed by atoms with Crippen LogP contribution in [0.4, 0.5) is 5.69 Å². The smallest absolute Gasteiger partial charge is 0.227 e. The fourth-order valence-electron chi connectivity index (χ4n) is 2.62. The molecule has 0 saturated carbocycles. The van der Waals surface area contributed by atoms with Crippen molar-refractivity contribution in [3.63, 3.8) is 0 Å². The number of aryl methyl sites for hydroxylation is 1. The number of carbonyl (C=O) groups excluding carboxylic acids is 1. The van der Waals surface area contributed by atoms with E-state index in [4.69, 9.17) is 0 Å². The van der Waals surface area contributed by atoms with E-state index in [0.717, 1.165) is 17.8 Å². The molecule has 1 N–H and O–H groups in total. The largest absolute Gasteiger partial charge is 0.319 e. The van der Waals surface area contributed by atoms with E-state index in [1.165, 1.54) is 0 Å². The molecule has 1 amide bonds. The van der Waals surface area contributed by atoms with Gasteiger partial charge in [0.25, 0.3) is 0 Å². The van der Waals surface area contributed by atoms with Gasteiger partial charge in [0.15, 0.2) is 0 Å². The molecule has 1 aromatic carbocycles. The fraction of sp³-hybridized carbons (Fsp3) is 0.500. The topological polar surface area (TPSA) is 32.3 Å². The fourth-order valence-corrected chi connectivity index (χ4v) is 2.62. The standard InChI is InChI=1S/C14H20N2O/c1-10-6-4-5-7-13(10)16-11(2)12(9-15-3)8-14(16)17/h4-7,11-12,15H,8-9H2,1-3H3. The molecule has 1 heterocycles. The van der Waals surface area contributed by atoms with Crippen LogP contribution in [0.15, 0.2) is 24.3 Å². The number of amides is 1. The van der Waals surface area contributed by atoms with Crippen molar-refractivity contribution >= 4 is 11.6 Å². The number of rotatable bonds is 3. The number of para-hydroxylation sites is 1. The Kier molecular flexibility index (Phi) is 3.48. The van der Waals surface area contributed by atoms with Crippen molar-refractivity contribution in [2.24, 2.45) is 5.92 Å². The van der Waals surface area contributed by atoms with Gasteiger partial charge in [-0.25, -0.2) is 0 Å². The number of nitrogens with one attached hydrogen (secondary N) is 1. The Morgan fingerprint density at radius 1 is 1.41 bits per heavy atom. The quantitative estimate of drug-likeness (QED) is 0.864. The molecule has 1 fully saturated rings. The summed E-state index contributed by atoms with van der Waals surface area (Å²) in [6.45, 7) is 5.09. The molecule has 92 valence electrons. The van der Waals surface area contributed by atoms with E-state index < -0.39 is 0 Å². The Balaban J connectivity index is 2.27. The summed E-state index contributed by atoms with van der Waals surface area (Å²) in [6, 6.07) is 8.37. The van der Waals surface area contributed by atoms with Crippen LogP contribution in [0.5, 0.6) is 0 Å². The van der Waals surface area contributed by atoms with E-state index in [-0.39, 0.29) is 11.9 Å². The van der Waals surface area contributed by atoms with E-state index in [9.17, 15) is 4.79 Å². The van der Waals surface area contributed by atoms with Gasteiger partial charge in [0.2, 0.25) is 5.91 Å². The van der Waals surface area contributed by atoms with Gasteiger partial charge in [-0.3, -0.25) is 4.79 Å². The third-order valence-electron chi connectivity index (χ3n) is 3.64. The average Bonchev–Trinajstić information content (AvgIpc) is 2.57. The summed E-state index contributed by atoms with van der Waals surface area (Å²) in [6.07, 6.45) is 0.649. The Hall–Kier alpha value is -1.35. The van der Waals surface area contributed by atoms with Crippen LogP contribution >= 0.6 is 0 Å². The third kappa shape index (κ3) is 2.20. The minimum Gasteiger partial charge on any atom is -0.319 e. The van der Waals surface area contributed by atoms with E-state index in [1.54, 1.807) is 0 Å². The van der Waals surface area contributed by atoms with Gasteiger partial charge in [-0.2, -0.15) is 0 Å². The van der Waals surface area contributed by atoms with Gasteiger partial charge in [-0.05, 0) is 32.5 Å². The lowest BCUT2D eigenvalue weighted by Crippen LogP contribution is -2.35. The van der Waals surface area contributed by atoms with Crippen molar-refractivity contribution in [1.29, 1.82) is 0 Å². The second-order valence-electron chi connectivity index (χ2n) is 4.81. The Morgan fingerprint density at radius 3 is 2.76 bits per heavy atom. The summed E-state index contributed by atoms with van der Waals surface area (Å²) in [5.74, 6) is 0.652. The molecule has 0 spiro atoms. The van der Waals surface area contributed by atoms with E-state index in [0.29, 0.717) is 12.3 Å². The predicted molar refractivity (Wildman–Crippen MR) is 70.2 cm³/mol. The molecule has 2 rings (SSSR count). The summed E-state index contributed by atoms with van der Waals surface area (Å²) >= 11 is 0. The Morgan fingerprint density at radius 2 is 2.12 bits per heavy atom. The van der Waals surface area contributed by atoms with Gasteiger partial charge in [-0.15, -0.1) is 0 Å². The normalized spacial score (nSPS) is 24.4. The number of hydrogen-bond acceptors (Lipinski definition) is 2. The maximum Gasteiger partial charge on any atom is 0.227 e. The van der Waals surface area contributed by atoms with Crippen molar-refractivity contribution in [2.45, 2.75) is 26.3 Å². The predicted octanol–water partition coefficient (Wildman–Crippen LogP) is 1.96. The first-order valence-corrected chi connectivity index (χ1v) is 6.17. The second kappa shape index (κ2) is 4.88. The van der Waals surface area contributed by atoms with Crippen LogP contribution < -0.4 is 10.2 Å². The second-order valence-corrected chi connectivity index (χ2v) is 4.81. The zero-order valence-electron chi connectivity index (χ0n) is 10.7. The lowest BCUT2D eigenvalue weighted by Gasteiger charge is -2.26. The molecule has 1 saturated heterocycles. The van der Waals surface area contributed by atoms with Crippen molar-refractivity contribution in [2.75, 3.05) is 18.5 Å². The maximum atomic E-state index is 12.1. The number of anilines is 1. The zero-order chi connectivity index (χ0) is 12.4. The first kappa shape index (κ1) is 12.1. The van der Waals surface area contributed by atoms with Crippen LogP contribution in [0.25, 0.3) is 0 Å². The first-order valence-electron chi connectivity index (χ1n) is 6.17. The number of benzene rings is 1. The minimum atomic E-state index is 0.243. The van der Waals surface area contributed by atoms with Gasteiger partial charge in [0.1, 0.15) is 0 Å². The summed E-state index contributed by atoms with van der Waals surface area (Å²) in [4.78, 5) is 14.1. The number of nitrogens with zero attached hydrogens (tertiary/aromatic N) is 1. The van der Waals surface area contributed by atoms with Crippen molar-refractivity contribution in [3.8, 4) is 0 Å². The van der Waals surface area contributed by atoms with Crippen LogP contribution in [0.3, 0.4) is 0 Å². The minimum absolute atomic E-state index is 0.243. The van der Waals surface area contributed by atoms with Crippen molar-refractivity contribution in [1.82, 2.24) is 5.32 Å². The third-order valence-corrected chi connectivity index (χ3v) is 3.64. The number of carbonyl (C=O) groups is 1. The molecular weight excluding hydrogens is 212 g/mol. The van der Waals surface area contributed by atoms with Gasteiger partial charge < -0.3 is 10.2 Å². The van der Waals surface area contributed by atoms with Crippen LogP contribution in [-0.2, 0) is 4.79 Å². The molecule has 1 aliphatic heterocycles. The van der Waals surface area contributed by atoms with Gasteiger partial charge in [0.05, 0.1) is 0 Å². The molecule has 3 nitrogen and oxygen atoms in total. The van der Waals surface area contributed by atoms with E-state index in [1.807, 2.05) is 30.1 Å². The first-order chi connectivity index (χ1) is 8.15. The molecule has 0 aromatic heterocycles. The summed E-state index contributed by atoms with van der Waals surface area (Å²) in [5, 5.41) is 3.17. The highest BCUT2D eigenvalue weighted by Gasteiger charge is 2.37. The maximum absolute atomic E-state index is 12.1. The Bertz CT molecular complexity index is 416. The molecule has 0 bridgehead atoms. The van der Waals surface area contributed by atoms with Crippen molar-refractivity contribution in [3.05, 3.63) is 29.8 Å². The van der Waals surface area contributed by atoms with E-state index in [2.05, 4.69) is 25.2 Å². The van der Waals surface area contributed by atoms with Crippen LogP contribution in [-0.4, -0.2) is 25.5 Å². The highest BCUT2D eigenvalue weighted by molar-refractivity contribution is 5.97. The monoisotopic (exact) mass is 232 g/mol. The molecule has 1 aromatic rings. The molecule has 1 aliphatic rings. The average molecular weight is 232 g/mol. The molecule has 3 heteroatoms.